The summed E-state index contributed by atoms with van der Waals surface area (Å²) in [6.07, 6.45) is 3.95. The summed E-state index contributed by atoms with van der Waals surface area (Å²) in [6, 6.07) is 6.11. The Hall–Kier alpha value is -2.63. The van der Waals surface area contributed by atoms with Gasteiger partial charge < -0.3 is 15.0 Å². The quantitative estimate of drug-likeness (QED) is 0.863. The first-order chi connectivity index (χ1) is 12.5. The lowest BCUT2D eigenvalue weighted by atomic mass is 9.87. The first kappa shape index (κ1) is 18.2. The van der Waals surface area contributed by atoms with Crippen LogP contribution in [-0.2, 0) is 17.6 Å². The monoisotopic (exact) mass is 355 g/mol. The number of carbonyl (C=O) groups is 1. The van der Waals surface area contributed by atoms with E-state index in [4.69, 9.17) is 4.74 Å². The van der Waals surface area contributed by atoms with Crippen molar-refractivity contribution >= 4 is 5.91 Å². The molecule has 1 aromatic heterocycles. The van der Waals surface area contributed by atoms with Crippen LogP contribution in [0.4, 0.5) is 0 Å². The van der Waals surface area contributed by atoms with Gasteiger partial charge in [-0.1, -0.05) is 6.07 Å². The minimum atomic E-state index is -0.345. The SMILES string of the molecule is COc1ccc2c(c1)CCC[C@@H]2NC(=O)CCc1c(C)nc(=O)[nH]c1C. The number of hydrogen-bond donors (Lipinski definition) is 2. The minimum absolute atomic E-state index is 0.0173. The Morgan fingerprint density at radius 2 is 2.19 bits per heavy atom. The van der Waals surface area contributed by atoms with Gasteiger partial charge in [0.1, 0.15) is 5.75 Å². The van der Waals surface area contributed by atoms with Crippen molar-refractivity contribution in [1.82, 2.24) is 15.3 Å². The standard InChI is InChI=1S/C20H25N3O3/c1-12-16(13(2)22-20(25)21-12)9-10-19(24)23-18-6-4-5-14-11-15(26-3)7-8-17(14)18/h7-8,11,18H,4-6,9-10H2,1-3H3,(H,23,24)(H,21,22,25)/t18-/m0/s1. The van der Waals surface area contributed by atoms with Gasteiger partial charge in [-0.2, -0.15) is 4.98 Å². The number of aromatic amines is 1. The lowest BCUT2D eigenvalue weighted by molar-refractivity contribution is -0.121. The van der Waals surface area contributed by atoms with Crippen molar-refractivity contribution in [2.45, 2.75) is 52.0 Å². The summed E-state index contributed by atoms with van der Waals surface area (Å²) in [5.74, 6) is 0.871. The van der Waals surface area contributed by atoms with E-state index in [0.717, 1.165) is 36.3 Å². The van der Waals surface area contributed by atoms with Crippen molar-refractivity contribution in [3.05, 3.63) is 56.8 Å². The molecule has 6 nitrogen and oxygen atoms in total. The summed E-state index contributed by atoms with van der Waals surface area (Å²) in [7, 11) is 1.67. The normalized spacial score (nSPS) is 16.0. The largest absolute Gasteiger partial charge is 0.497 e. The van der Waals surface area contributed by atoms with Gasteiger partial charge in [-0.25, -0.2) is 4.79 Å². The maximum Gasteiger partial charge on any atom is 0.345 e. The molecular formula is C20H25N3O3. The van der Waals surface area contributed by atoms with Crippen LogP contribution in [0, 0.1) is 13.8 Å². The summed E-state index contributed by atoms with van der Waals surface area (Å²) in [5, 5.41) is 3.16. The van der Waals surface area contributed by atoms with Crippen LogP contribution in [0.15, 0.2) is 23.0 Å². The molecule has 1 aliphatic rings. The number of aryl methyl sites for hydroxylation is 3. The van der Waals surface area contributed by atoms with Gasteiger partial charge in [0.2, 0.25) is 5.91 Å². The number of methoxy groups -OCH3 is 1. The molecule has 6 heteroatoms. The third-order valence-electron chi connectivity index (χ3n) is 5.05. The molecule has 0 bridgehead atoms. The second-order valence-corrected chi connectivity index (χ2v) is 6.81. The van der Waals surface area contributed by atoms with Crippen LogP contribution in [0.25, 0.3) is 0 Å². The number of benzene rings is 1. The average molecular weight is 355 g/mol. The number of carbonyl (C=O) groups excluding carboxylic acids is 1. The molecule has 138 valence electrons. The Morgan fingerprint density at radius 1 is 1.38 bits per heavy atom. The summed E-state index contributed by atoms with van der Waals surface area (Å²) in [6.45, 7) is 3.65. The van der Waals surface area contributed by atoms with E-state index in [2.05, 4.69) is 27.4 Å². The number of rotatable bonds is 5. The van der Waals surface area contributed by atoms with Gasteiger partial charge >= 0.3 is 5.69 Å². The molecule has 1 aromatic carbocycles. The lowest BCUT2D eigenvalue weighted by Crippen LogP contribution is -2.31. The maximum atomic E-state index is 12.5. The van der Waals surface area contributed by atoms with Crippen molar-refractivity contribution in [3.63, 3.8) is 0 Å². The van der Waals surface area contributed by atoms with Crippen LogP contribution < -0.4 is 15.7 Å². The topological polar surface area (TPSA) is 84.1 Å². The predicted molar refractivity (Wildman–Crippen MR) is 99.5 cm³/mol. The summed E-state index contributed by atoms with van der Waals surface area (Å²) < 4.78 is 5.30. The summed E-state index contributed by atoms with van der Waals surface area (Å²) >= 11 is 0. The fourth-order valence-corrected chi connectivity index (χ4v) is 3.70. The molecule has 1 aliphatic carbocycles. The van der Waals surface area contributed by atoms with Gasteiger partial charge in [-0.3, -0.25) is 4.79 Å². The van der Waals surface area contributed by atoms with Crippen LogP contribution in [0.5, 0.6) is 5.75 Å². The van der Waals surface area contributed by atoms with E-state index in [1.165, 1.54) is 11.1 Å². The summed E-state index contributed by atoms with van der Waals surface area (Å²) in [5.41, 5.74) is 4.50. The van der Waals surface area contributed by atoms with Gasteiger partial charge in [-0.15, -0.1) is 0 Å². The Bertz CT molecular complexity index is 847. The fraction of sp³-hybridized carbons (Fsp3) is 0.450. The Balaban J connectivity index is 1.66. The number of ether oxygens (including phenoxy) is 1. The molecule has 0 unspecified atom stereocenters. The number of nitrogens with zero attached hydrogens (tertiary/aromatic N) is 1. The molecule has 3 rings (SSSR count). The average Bonchev–Trinajstić information content (AvgIpc) is 2.60. The Labute approximate surface area is 153 Å². The molecule has 0 saturated heterocycles. The van der Waals surface area contributed by atoms with E-state index in [-0.39, 0.29) is 17.6 Å². The Kier molecular flexibility index (Phi) is 5.40. The zero-order chi connectivity index (χ0) is 18.7. The van der Waals surface area contributed by atoms with Gasteiger partial charge in [0.25, 0.3) is 0 Å². The van der Waals surface area contributed by atoms with Crippen LogP contribution in [-0.4, -0.2) is 23.0 Å². The van der Waals surface area contributed by atoms with Gasteiger partial charge in [0.15, 0.2) is 0 Å². The van der Waals surface area contributed by atoms with E-state index >= 15 is 0 Å². The fourth-order valence-electron chi connectivity index (χ4n) is 3.70. The Morgan fingerprint density at radius 3 is 2.92 bits per heavy atom. The smallest absolute Gasteiger partial charge is 0.345 e. The molecule has 2 aromatic rings. The first-order valence-electron chi connectivity index (χ1n) is 9.00. The highest BCUT2D eigenvalue weighted by molar-refractivity contribution is 5.77. The van der Waals surface area contributed by atoms with Gasteiger partial charge in [0, 0.05) is 17.8 Å². The van der Waals surface area contributed by atoms with E-state index in [9.17, 15) is 9.59 Å². The molecule has 1 amide bonds. The molecule has 0 saturated carbocycles. The number of fused-ring (bicyclic) bond motifs is 1. The van der Waals surface area contributed by atoms with Crippen LogP contribution in [0.2, 0.25) is 0 Å². The number of amides is 1. The zero-order valence-corrected chi connectivity index (χ0v) is 15.5. The maximum absolute atomic E-state index is 12.5. The highest BCUT2D eigenvalue weighted by atomic mass is 16.5. The lowest BCUT2D eigenvalue weighted by Gasteiger charge is -2.27. The van der Waals surface area contributed by atoms with Crippen LogP contribution >= 0.6 is 0 Å². The minimum Gasteiger partial charge on any atom is -0.497 e. The summed E-state index contributed by atoms with van der Waals surface area (Å²) in [4.78, 5) is 30.5. The van der Waals surface area contributed by atoms with Crippen molar-refractivity contribution in [1.29, 1.82) is 0 Å². The third-order valence-corrected chi connectivity index (χ3v) is 5.05. The number of H-pyrrole nitrogens is 1. The van der Waals surface area contributed by atoms with Crippen LogP contribution in [0.1, 0.15) is 53.4 Å². The number of aromatic nitrogens is 2. The van der Waals surface area contributed by atoms with E-state index < -0.39 is 0 Å². The van der Waals surface area contributed by atoms with Crippen molar-refractivity contribution in [3.8, 4) is 5.75 Å². The highest BCUT2D eigenvalue weighted by Gasteiger charge is 2.22. The van der Waals surface area contributed by atoms with Crippen molar-refractivity contribution < 1.29 is 9.53 Å². The van der Waals surface area contributed by atoms with E-state index in [0.29, 0.717) is 18.5 Å². The van der Waals surface area contributed by atoms with Crippen molar-refractivity contribution in [2.24, 2.45) is 0 Å². The molecule has 0 aliphatic heterocycles. The van der Waals surface area contributed by atoms with Gasteiger partial charge in [0.05, 0.1) is 13.2 Å². The molecule has 0 spiro atoms. The molecule has 1 heterocycles. The number of hydrogen-bond acceptors (Lipinski definition) is 4. The second-order valence-electron chi connectivity index (χ2n) is 6.81. The van der Waals surface area contributed by atoms with Crippen molar-refractivity contribution in [2.75, 3.05) is 7.11 Å². The molecule has 0 fully saturated rings. The zero-order valence-electron chi connectivity index (χ0n) is 15.5. The highest BCUT2D eigenvalue weighted by Crippen LogP contribution is 2.32. The molecule has 26 heavy (non-hydrogen) atoms. The first-order valence-corrected chi connectivity index (χ1v) is 9.00. The number of nitrogens with one attached hydrogen (secondary N) is 2. The molecule has 0 radical (unpaired) electrons. The molecule has 1 atom stereocenters. The second kappa shape index (κ2) is 7.72. The van der Waals surface area contributed by atoms with E-state index in [1.807, 2.05) is 13.0 Å². The molecule has 2 N–H and O–H groups in total. The van der Waals surface area contributed by atoms with Crippen LogP contribution in [0.3, 0.4) is 0 Å². The molecular weight excluding hydrogens is 330 g/mol. The van der Waals surface area contributed by atoms with E-state index in [1.54, 1.807) is 14.0 Å². The predicted octanol–water partition coefficient (Wildman–Crippen LogP) is 2.52. The third kappa shape index (κ3) is 3.95. The van der Waals surface area contributed by atoms with Gasteiger partial charge in [-0.05, 0) is 68.4 Å².